The maximum atomic E-state index is 12.1. The molecule has 1 aromatic carbocycles. The van der Waals surface area contributed by atoms with Crippen LogP contribution in [-0.4, -0.2) is 25.6 Å². The van der Waals surface area contributed by atoms with Gasteiger partial charge in [0.1, 0.15) is 5.82 Å². The van der Waals surface area contributed by atoms with Gasteiger partial charge < -0.3 is 10.6 Å². The van der Waals surface area contributed by atoms with Crippen LogP contribution < -0.4 is 10.6 Å². The van der Waals surface area contributed by atoms with E-state index in [9.17, 15) is 4.79 Å². The SMILES string of the molecule is CCc1ccccc1NC(=O)Nc1cnc(-n2ccnc2C)nc1. The third-order valence-electron chi connectivity index (χ3n) is 3.58. The van der Waals surface area contributed by atoms with Gasteiger partial charge in [-0.1, -0.05) is 25.1 Å². The molecular formula is C17H18N6O. The number of para-hydroxylation sites is 1. The van der Waals surface area contributed by atoms with Gasteiger partial charge in [0.15, 0.2) is 0 Å². The van der Waals surface area contributed by atoms with Crippen LogP contribution in [0.2, 0.25) is 0 Å². The first-order valence-electron chi connectivity index (χ1n) is 7.65. The minimum Gasteiger partial charge on any atom is -0.307 e. The zero-order valence-corrected chi connectivity index (χ0v) is 13.5. The van der Waals surface area contributed by atoms with Gasteiger partial charge in [0.05, 0.1) is 18.1 Å². The fourth-order valence-corrected chi connectivity index (χ4v) is 2.33. The molecule has 2 amide bonds. The van der Waals surface area contributed by atoms with Gasteiger partial charge in [-0.2, -0.15) is 0 Å². The number of urea groups is 1. The van der Waals surface area contributed by atoms with Crippen LogP contribution >= 0.6 is 0 Å². The highest BCUT2D eigenvalue weighted by atomic mass is 16.2. The van der Waals surface area contributed by atoms with Crippen LogP contribution in [0.25, 0.3) is 5.95 Å². The molecule has 0 radical (unpaired) electrons. The summed E-state index contributed by atoms with van der Waals surface area (Å²) >= 11 is 0. The molecule has 0 saturated heterocycles. The highest BCUT2D eigenvalue weighted by Crippen LogP contribution is 2.16. The number of hydrogen-bond acceptors (Lipinski definition) is 4. The molecule has 0 saturated carbocycles. The van der Waals surface area contributed by atoms with Crippen molar-refractivity contribution in [3.05, 3.63) is 60.4 Å². The molecule has 0 fully saturated rings. The van der Waals surface area contributed by atoms with Crippen LogP contribution in [0.4, 0.5) is 16.2 Å². The number of nitrogens with one attached hydrogen (secondary N) is 2. The first kappa shape index (κ1) is 15.7. The molecule has 2 aromatic heterocycles. The van der Waals surface area contributed by atoms with Crippen molar-refractivity contribution < 1.29 is 4.79 Å². The van der Waals surface area contributed by atoms with Crippen LogP contribution in [0.1, 0.15) is 18.3 Å². The van der Waals surface area contributed by atoms with Gasteiger partial charge in [-0.15, -0.1) is 0 Å². The number of carbonyl (C=O) groups excluding carboxylic acids is 1. The zero-order valence-electron chi connectivity index (χ0n) is 13.5. The molecule has 0 aliphatic rings. The first-order chi connectivity index (χ1) is 11.7. The quantitative estimate of drug-likeness (QED) is 0.772. The Kier molecular flexibility index (Phi) is 4.51. The van der Waals surface area contributed by atoms with E-state index in [2.05, 4.69) is 25.6 Å². The van der Waals surface area contributed by atoms with E-state index in [0.29, 0.717) is 11.6 Å². The van der Waals surface area contributed by atoms with Crippen LogP contribution in [0.3, 0.4) is 0 Å². The van der Waals surface area contributed by atoms with Gasteiger partial charge >= 0.3 is 6.03 Å². The molecule has 3 aromatic rings. The van der Waals surface area contributed by atoms with Crippen LogP contribution in [0.15, 0.2) is 49.1 Å². The fraction of sp³-hybridized carbons (Fsp3) is 0.176. The van der Waals surface area contributed by atoms with Crippen molar-refractivity contribution in [2.24, 2.45) is 0 Å². The predicted molar refractivity (Wildman–Crippen MR) is 92.4 cm³/mol. The summed E-state index contributed by atoms with van der Waals surface area (Å²) in [6.07, 6.45) is 7.44. The number of nitrogens with zero attached hydrogens (tertiary/aromatic N) is 4. The zero-order chi connectivity index (χ0) is 16.9. The molecular weight excluding hydrogens is 304 g/mol. The molecule has 0 aliphatic heterocycles. The average molecular weight is 322 g/mol. The molecule has 2 heterocycles. The van der Waals surface area contributed by atoms with Gasteiger partial charge in [-0.05, 0) is 25.0 Å². The highest BCUT2D eigenvalue weighted by Gasteiger charge is 2.07. The second kappa shape index (κ2) is 6.91. The molecule has 0 bridgehead atoms. The normalized spacial score (nSPS) is 10.4. The fourth-order valence-electron chi connectivity index (χ4n) is 2.33. The molecule has 0 aliphatic carbocycles. The Balaban J connectivity index is 1.68. The summed E-state index contributed by atoms with van der Waals surface area (Å²) in [7, 11) is 0. The van der Waals surface area contributed by atoms with Gasteiger partial charge in [0.25, 0.3) is 0 Å². The Morgan fingerprint density at radius 1 is 1.12 bits per heavy atom. The molecule has 0 unspecified atom stereocenters. The summed E-state index contributed by atoms with van der Waals surface area (Å²) in [5.74, 6) is 1.30. The molecule has 24 heavy (non-hydrogen) atoms. The Labute approximate surface area is 139 Å². The number of hydrogen-bond donors (Lipinski definition) is 2. The predicted octanol–water partition coefficient (Wildman–Crippen LogP) is 3.18. The molecule has 7 heteroatoms. The highest BCUT2D eigenvalue weighted by molar-refractivity contribution is 6.00. The number of imidazole rings is 1. The van der Waals surface area contributed by atoms with E-state index in [-0.39, 0.29) is 6.03 Å². The van der Waals surface area contributed by atoms with E-state index in [0.717, 1.165) is 23.5 Å². The Morgan fingerprint density at radius 2 is 1.88 bits per heavy atom. The Morgan fingerprint density at radius 3 is 2.54 bits per heavy atom. The molecule has 7 nitrogen and oxygen atoms in total. The summed E-state index contributed by atoms with van der Waals surface area (Å²) < 4.78 is 1.77. The van der Waals surface area contributed by atoms with Gasteiger partial charge in [-0.3, -0.25) is 4.57 Å². The molecule has 0 atom stereocenters. The minimum atomic E-state index is -0.328. The maximum Gasteiger partial charge on any atom is 0.323 e. The minimum absolute atomic E-state index is 0.328. The largest absolute Gasteiger partial charge is 0.323 e. The number of rotatable bonds is 4. The second-order valence-corrected chi connectivity index (χ2v) is 5.21. The summed E-state index contributed by atoms with van der Waals surface area (Å²) in [6, 6.07) is 7.37. The number of aromatic nitrogens is 4. The third kappa shape index (κ3) is 3.40. The van der Waals surface area contributed by atoms with Crippen molar-refractivity contribution in [1.29, 1.82) is 0 Å². The van der Waals surface area contributed by atoms with Gasteiger partial charge in [-0.25, -0.2) is 19.7 Å². The van der Waals surface area contributed by atoms with Crippen molar-refractivity contribution in [3.8, 4) is 5.95 Å². The van der Waals surface area contributed by atoms with Crippen molar-refractivity contribution in [2.45, 2.75) is 20.3 Å². The Bertz CT molecular complexity index is 840. The number of benzene rings is 1. The van der Waals surface area contributed by atoms with E-state index < -0.39 is 0 Å². The lowest BCUT2D eigenvalue weighted by molar-refractivity contribution is 0.262. The summed E-state index contributed by atoms with van der Waals surface area (Å²) in [4.78, 5) is 24.7. The lowest BCUT2D eigenvalue weighted by atomic mass is 10.1. The molecule has 0 spiro atoms. The van der Waals surface area contributed by atoms with E-state index in [1.54, 1.807) is 29.4 Å². The van der Waals surface area contributed by atoms with Crippen LogP contribution in [0, 0.1) is 6.92 Å². The summed E-state index contributed by atoms with van der Waals surface area (Å²) in [6.45, 7) is 3.91. The smallest absolute Gasteiger partial charge is 0.307 e. The standard InChI is InChI=1S/C17H18N6O/c1-3-13-6-4-5-7-15(13)22-17(24)21-14-10-19-16(20-11-14)23-9-8-18-12(23)2/h4-11H,3H2,1-2H3,(H2,21,22,24). The molecule has 2 N–H and O–H groups in total. The second-order valence-electron chi connectivity index (χ2n) is 5.21. The number of anilines is 2. The third-order valence-corrected chi connectivity index (χ3v) is 3.58. The topological polar surface area (TPSA) is 84.7 Å². The lowest BCUT2D eigenvalue weighted by Gasteiger charge is -2.11. The van der Waals surface area contributed by atoms with Gasteiger partial charge in [0, 0.05) is 18.1 Å². The lowest BCUT2D eigenvalue weighted by Crippen LogP contribution is -2.20. The van der Waals surface area contributed by atoms with Crippen molar-refractivity contribution >= 4 is 17.4 Å². The van der Waals surface area contributed by atoms with Crippen molar-refractivity contribution in [3.63, 3.8) is 0 Å². The van der Waals surface area contributed by atoms with Crippen LogP contribution in [0.5, 0.6) is 0 Å². The Hall–Kier alpha value is -3.22. The molecule has 3 rings (SSSR count). The van der Waals surface area contributed by atoms with Gasteiger partial charge in [0.2, 0.25) is 5.95 Å². The van der Waals surface area contributed by atoms with E-state index in [1.807, 2.05) is 38.1 Å². The van der Waals surface area contributed by atoms with Crippen LogP contribution in [-0.2, 0) is 6.42 Å². The monoisotopic (exact) mass is 322 g/mol. The van der Waals surface area contributed by atoms with E-state index in [1.165, 1.54) is 0 Å². The number of amides is 2. The van der Waals surface area contributed by atoms with Crippen molar-refractivity contribution in [2.75, 3.05) is 10.6 Å². The maximum absolute atomic E-state index is 12.1. The summed E-state index contributed by atoms with van der Waals surface area (Å²) in [5.41, 5.74) is 2.39. The first-order valence-corrected chi connectivity index (χ1v) is 7.65. The average Bonchev–Trinajstić information content (AvgIpc) is 3.02. The summed E-state index contributed by atoms with van der Waals surface area (Å²) in [5, 5.41) is 5.57. The van der Waals surface area contributed by atoms with Crippen molar-refractivity contribution in [1.82, 2.24) is 19.5 Å². The molecule has 122 valence electrons. The number of aryl methyl sites for hydroxylation is 2. The number of carbonyl (C=O) groups is 1. The van der Waals surface area contributed by atoms with E-state index >= 15 is 0 Å². The van der Waals surface area contributed by atoms with E-state index in [4.69, 9.17) is 0 Å².